The van der Waals surface area contributed by atoms with Crippen LogP contribution in [0.3, 0.4) is 0 Å². The molecule has 1 aliphatic carbocycles. The second-order valence-corrected chi connectivity index (χ2v) is 8.64. The lowest BCUT2D eigenvalue weighted by atomic mass is 10.1. The van der Waals surface area contributed by atoms with Crippen LogP contribution in [-0.4, -0.2) is 49.4 Å². The summed E-state index contributed by atoms with van der Waals surface area (Å²) in [6.07, 6.45) is 6.37. The smallest absolute Gasteiger partial charge is 0.228 e. The van der Waals surface area contributed by atoms with E-state index in [0.717, 1.165) is 22.7 Å². The van der Waals surface area contributed by atoms with E-state index in [1.807, 2.05) is 39.1 Å². The number of nitrogens with zero attached hydrogens (tertiary/aromatic N) is 7. The summed E-state index contributed by atoms with van der Waals surface area (Å²) in [5.41, 5.74) is 4.70. The standard InChI is InChI=1S/C23H25N7O2/c1-13-4-7-18(32-13)20-21-22(26-15(3)14(2)25-21)28-23(27-20)29-8-9-31-19(12-29)16-10-24-30(11-16)17-5-6-17/h4,7,10-11,17,19H,5-6,8-9,12H2,1-3H3. The Morgan fingerprint density at radius 3 is 2.62 bits per heavy atom. The SMILES string of the molecule is Cc1ccc(-c2nc(N3CCOC(c4cnn(C5CC5)c4)C3)nc3nc(C)c(C)nc23)o1. The number of hydrogen-bond donors (Lipinski definition) is 0. The Balaban J connectivity index is 1.39. The monoisotopic (exact) mass is 431 g/mol. The fourth-order valence-electron chi connectivity index (χ4n) is 4.07. The molecule has 0 aromatic carbocycles. The van der Waals surface area contributed by atoms with E-state index in [1.54, 1.807) is 0 Å². The van der Waals surface area contributed by atoms with E-state index >= 15 is 0 Å². The lowest BCUT2D eigenvalue weighted by Crippen LogP contribution is -2.39. The highest BCUT2D eigenvalue weighted by Gasteiger charge is 2.29. The Morgan fingerprint density at radius 2 is 1.84 bits per heavy atom. The molecule has 1 saturated heterocycles. The topological polar surface area (TPSA) is 95.0 Å². The highest BCUT2D eigenvalue weighted by molar-refractivity contribution is 5.86. The number of aryl methyl sites for hydroxylation is 3. The van der Waals surface area contributed by atoms with Crippen molar-refractivity contribution in [1.82, 2.24) is 29.7 Å². The molecule has 2 aliphatic rings. The summed E-state index contributed by atoms with van der Waals surface area (Å²) in [5, 5.41) is 4.52. The molecular weight excluding hydrogens is 406 g/mol. The number of hydrogen-bond acceptors (Lipinski definition) is 8. The van der Waals surface area contributed by atoms with Gasteiger partial charge in [-0.25, -0.2) is 15.0 Å². The third-order valence-electron chi connectivity index (χ3n) is 6.17. The molecule has 2 fully saturated rings. The van der Waals surface area contributed by atoms with E-state index in [9.17, 15) is 0 Å². The first-order valence-electron chi connectivity index (χ1n) is 11.1. The third kappa shape index (κ3) is 3.42. The molecular formula is C23H25N7O2. The molecule has 164 valence electrons. The number of ether oxygens (including phenoxy) is 1. The second kappa shape index (κ2) is 7.37. The van der Waals surface area contributed by atoms with E-state index in [4.69, 9.17) is 29.1 Å². The van der Waals surface area contributed by atoms with Crippen molar-refractivity contribution in [1.29, 1.82) is 0 Å². The fourth-order valence-corrected chi connectivity index (χ4v) is 4.07. The van der Waals surface area contributed by atoms with Gasteiger partial charge in [0.05, 0.1) is 36.8 Å². The maximum atomic E-state index is 6.07. The van der Waals surface area contributed by atoms with Gasteiger partial charge >= 0.3 is 0 Å². The van der Waals surface area contributed by atoms with Gasteiger partial charge in [0.15, 0.2) is 11.4 Å². The van der Waals surface area contributed by atoms with Gasteiger partial charge in [-0.1, -0.05) is 0 Å². The van der Waals surface area contributed by atoms with Gasteiger partial charge in [0.1, 0.15) is 23.1 Å². The van der Waals surface area contributed by atoms with Crippen LogP contribution in [0.4, 0.5) is 5.95 Å². The number of aromatic nitrogens is 6. The van der Waals surface area contributed by atoms with Gasteiger partial charge in [-0.3, -0.25) is 4.68 Å². The summed E-state index contributed by atoms with van der Waals surface area (Å²) in [7, 11) is 0. The summed E-state index contributed by atoms with van der Waals surface area (Å²) in [6, 6.07) is 4.41. The third-order valence-corrected chi connectivity index (χ3v) is 6.17. The number of anilines is 1. The number of fused-ring (bicyclic) bond motifs is 1. The van der Waals surface area contributed by atoms with Crippen LogP contribution in [0, 0.1) is 20.8 Å². The normalized spacial score (nSPS) is 19.1. The first kappa shape index (κ1) is 19.4. The maximum Gasteiger partial charge on any atom is 0.228 e. The lowest BCUT2D eigenvalue weighted by molar-refractivity contribution is 0.0392. The van der Waals surface area contributed by atoms with E-state index in [0.29, 0.717) is 54.3 Å². The molecule has 1 saturated carbocycles. The van der Waals surface area contributed by atoms with Crippen molar-refractivity contribution < 1.29 is 9.15 Å². The molecule has 5 heterocycles. The Morgan fingerprint density at radius 1 is 1.00 bits per heavy atom. The molecule has 9 nitrogen and oxygen atoms in total. The Hall–Kier alpha value is -3.33. The highest BCUT2D eigenvalue weighted by atomic mass is 16.5. The van der Waals surface area contributed by atoms with Crippen LogP contribution in [0.5, 0.6) is 0 Å². The van der Waals surface area contributed by atoms with Gasteiger partial charge in [-0.05, 0) is 45.7 Å². The summed E-state index contributed by atoms with van der Waals surface area (Å²) < 4.78 is 14.0. The molecule has 0 amide bonds. The molecule has 0 radical (unpaired) electrons. The van der Waals surface area contributed by atoms with Gasteiger partial charge in [0.2, 0.25) is 5.95 Å². The second-order valence-electron chi connectivity index (χ2n) is 8.64. The number of furan rings is 1. The van der Waals surface area contributed by atoms with Crippen molar-refractivity contribution in [3.05, 3.63) is 47.2 Å². The zero-order chi connectivity index (χ0) is 21.8. The van der Waals surface area contributed by atoms with Crippen LogP contribution in [-0.2, 0) is 4.74 Å². The minimum absolute atomic E-state index is 0.0734. The summed E-state index contributed by atoms with van der Waals surface area (Å²) in [5.74, 6) is 2.11. The lowest BCUT2D eigenvalue weighted by Gasteiger charge is -2.32. The van der Waals surface area contributed by atoms with E-state index in [1.165, 1.54) is 12.8 Å². The fraction of sp³-hybridized carbons (Fsp3) is 0.435. The molecule has 4 aromatic rings. The van der Waals surface area contributed by atoms with Crippen LogP contribution in [0.2, 0.25) is 0 Å². The van der Waals surface area contributed by atoms with Crippen molar-refractivity contribution in [2.24, 2.45) is 0 Å². The molecule has 9 heteroatoms. The Labute approximate surface area is 185 Å². The molecule has 1 aliphatic heterocycles. The van der Waals surface area contributed by atoms with Crippen molar-refractivity contribution in [2.75, 3.05) is 24.6 Å². The summed E-state index contributed by atoms with van der Waals surface area (Å²) >= 11 is 0. The molecule has 0 N–H and O–H groups in total. The molecule has 0 spiro atoms. The maximum absolute atomic E-state index is 6.07. The van der Waals surface area contributed by atoms with Crippen LogP contribution in [0.25, 0.3) is 22.6 Å². The molecule has 32 heavy (non-hydrogen) atoms. The van der Waals surface area contributed by atoms with Gasteiger partial charge < -0.3 is 14.1 Å². The van der Waals surface area contributed by atoms with Crippen LogP contribution in [0.15, 0.2) is 28.9 Å². The van der Waals surface area contributed by atoms with Crippen molar-refractivity contribution in [3.63, 3.8) is 0 Å². The quantitative estimate of drug-likeness (QED) is 0.483. The van der Waals surface area contributed by atoms with Crippen molar-refractivity contribution >= 4 is 17.1 Å². The largest absolute Gasteiger partial charge is 0.460 e. The van der Waals surface area contributed by atoms with E-state index in [2.05, 4.69) is 20.9 Å². The molecule has 4 aromatic heterocycles. The number of morpholine rings is 1. The van der Waals surface area contributed by atoms with Gasteiger partial charge in [0.25, 0.3) is 0 Å². The van der Waals surface area contributed by atoms with E-state index < -0.39 is 0 Å². The molecule has 1 unspecified atom stereocenters. The van der Waals surface area contributed by atoms with Gasteiger partial charge in [-0.2, -0.15) is 10.1 Å². The first-order valence-corrected chi connectivity index (χ1v) is 11.1. The van der Waals surface area contributed by atoms with Crippen LogP contribution in [0.1, 0.15) is 47.7 Å². The molecule has 0 bridgehead atoms. The van der Waals surface area contributed by atoms with Gasteiger partial charge in [-0.15, -0.1) is 0 Å². The Bertz CT molecular complexity index is 1310. The summed E-state index contributed by atoms with van der Waals surface area (Å²) in [6.45, 7) is 7.76. The van der Waals surface area contributed by atoms with Gasteiger partial charge in [0, 0.05) is 18.3 Å². The zero-order valence-electron chi connectivity index (χ0n) is 18.4. The van der Waals surface area contributed by atoms with Crippen LogP contribution >= 0.6 is 0 Å². The highest BCUT2D eigenvalue weighted by Crippen LogP contribution is 2.35. The van der Waals surface area contributed by atoms with E-state index in [-0.39, 0.29) is 6.10 Å². The number of rotatable bonds is 4. The minimum Gasteiger partial charge on any atom is -0.460 e. The Kier molecular flexibility index (Phi) is 4.46. The average Bonchev–Trinajstić information content (AvgIpc) is 3.36. The predicted octanol–water partition coefficient (Wildman–Crippen LogP) is 3.71. The molecule has 6 rings (SSSR count). The minimum atomic E-state index is -0.0734. The van der Waals surface area contributed by atoms with Crippen LogP contribution < -0.4 is 4.90 Å². The van der Waals surface area contributed by atoms with Crippen molar-refractivity contribution in [3.8, 4) is 11.5 Å². The first-order chi connectivity index (χ1) is 15.5. The predicted molar refractivity (Wildman–Crippen MR) is 118 cm³/mol. The van der Waals surface area contributed by atoms with Crippen molar-refractivity contribution in [2.45, 2.75) is 45.8 Å². The molecule has 1 atom stereocenters. The average molecular weight is 432 g/mol. The zero-order valence-corrected chi connectivity index (χ0v) is 18.4. The summed E-state index contributed by atoms with van der Waals surface area (Å²) in [4.78, 5) is 21.3.